The van der Waals surface area contributed by atoms with Gasteiger partial charge < -0.3 is 14.6 Å². The molecular formula is C20H21ClN2O2. The first-order valence-electron chi connectivity index (χ1n) is 8.19. The number of aromatic nitrogens is 1. The van der Waals surface area contributed by atoms with Crippen molar-refractivity contribution in [3.05, 3.63) is 64.8 Å². The van der Waals surface area contributed by atoms with E-state index in [-0.39, 0.29) is 11.9 Å². The summed E-state index contributed by atoms with van der Waals surface area (Å²) in [5.74, 6) is 0.620. The maximum absolute atomic E-state index is 12.6. The van der Waals surface area contributed by atoms with Gasteiger partial charge in [0.15, 0.2) is 0 Å². The maximum Gasteiger partial charge on any atom is 0.268 e. The molecule has 0 aliphatic heterocycles. The minimum Gasteiger partial charge on any atom is -0.491 e. The van der Waals surface area contributed by atoms with E-state index < -0.39 is 0 Å². The van der Waals surface area contributed by atoms with Crippen molar-refractivity contribution in [2.75, 3.05) is 6.61 Å². The fourth-order valence-corrected chi connectivity index (χ4v) is 2.90. The number of hydrogen-bond donors (Lipinski definition) is 1. The van der Waals surface area contributed by atoms with Crippen LogP contribution in [0.2, 0.25) is 5.02 Å². The Morgan fingerprint density at radius 3 is 2.64 bits per heavy atom. The zero-order valence-corrected chi connectivity index (χ0v) is 15.3. The summed E-state index contributed by atoms with van der Waals surface area (Å²) >= 11 is 5.85. The highest BCUT2D eigenvalue weighted by Gasteiger charge is 2.15. The number of carbonyl (C=O) groups excluding carboxylic acids is 1. The van der Waals surface area contributed by atoms with Crippen LogP contribution in [0.15, 0.2) is 48.5 Å². The molecule has 0 bridgehead atoms. The molecule has 2 aromatic carbocycles. The molecule has 5 heteroatoms. The molecule has 25 heavy (non-hydrogen) atoms. The summed E-state index contributed by atoms with van der Waals surface area (Å²) in [6, 6.07) is 15.1. The number of ether oxygens (including phenoxy) is 1. The van der Waals surface area contributed by atoms with E-state index in [1.54, 1.807) is 12.1 Å². The molecule has 1 aromatic heterocycles. The van der Waals surface area contributed by atoms with Gasteiger partial charge in [0.2, 0.25) is 0 Å². The van der Waals surface area contributed by atoms with Gasteiger partial charge in [-0.25, -0.2) is 0 Å². The van der Waals surface area contributed by atoms with Gasteiger partial charge in [-0.15, -0.1) is 0 Å². The molecule has 3 rings (SSSR count). The second-order valence-corrected chi connectivity index (χ2v) is 6.73. The van der Waals surface area contributed by atoms with Crippen molar-refractivity contribution in [3.63, 3.8) is 0 Å². The Kier molecular flexibility index (Phi) is 5.00. The lowest BCUT2D eigenvalue weighted by atomic mass is 10.2. The fourth-order valence-electron chi connectivity index (χ4n) is 2.78. The third kappa shape index (κ3) is 3.97. The SMILES string of the molecule is Cc1ccc2c(c1)cc(C(=O)N[C@H](C)COc1ccc(Cl)cc1)n2C. The van der Waals surface area contributed by atoms with Crippen LogP contribution in [0.1, 0.15) is 23.0 Å². The molecule has 0 radical (unpaired) electrons. The summed E-state index contributed by atoms with van der Waals surface area (Å²) in [7, 11) is 1.90. The molecular weight excluding hydrogens is 336 g/mol. The van der Waals surface area contributed by atoms with Gasteiger partial charge in [0, 0.05) is 23.0 Å². The molecule has 4 nitrogen and oxygen atoms in total. The molecule has 0 saturated carbocycles. The predicted molar refractivity (Wildman–Crippen MR) is 102 cm³/mol. The van der Waals surface area contributed by atoms with Crippen molar-refractivity contribution in [1.82, 2.24) is 9.88 Å². The number of carbonyl (C=O) groups is 1. The van der Waals surface area contributed by atoms with E-state index in [4.69, 9.17) is 16.3 Å². The summed E-state index contributed by atoms with van der Waals surface area (Å²) in [5.41, 5.74) is 2.86. The van der Waals surface area contributed by atoms with Gasteiger partial charge in [0.1, 0.15) is 18.1 Å². The fraction of sp³-hybridized carbons (Fsp3) is 0.250. The molecule has 1 atom stereocenters. The molecule has 0 fully saturated rings. The van der Waals surface area contributed by atoms with Gasteiger partial charge in [0.05, 0.1) is 6.04 Å². The van der Waals surface area contributed by atoms with Gasteiger partial charge in [-0.2, -0.15) is 0 Å². The number of fused-ring (bicyclic) bond motifs is 1. The first-order chi connectivity index (χ1) is 11.9. The molecule has 1 heterocycles. The summed E-state index contributed by atoms with van der Waals surface area (Å²) in [5, 5.41) is 4.72. The third-order valence-electron chi connectivity index (χ3n) is 4.12. The van der Waals surface area contributed by atoms with Crippen LogP contribution in [0.4, 0.5) is 0 Å². The summed E-state index contributed by atoms with van der Waals surface area (Å²) < 4.78 is 7.60. The third-order valence-corrected chi connectivity index (χ3v) is 4.37. The first-order valence-corrected chi connectivity index (χ1v) is 8.57. The predicted octanol–water partition coefficient (Wildman–Crippen LogP) is 4.34. The Labute approximate surface area is 152 Å². The van der Waals surface area contributed by atoms with E-state index in [2.05, 4.69) is 11.4 Å². The van der Waals surface area contributed by atoms with Gasteiger partial charge in [-0.1, -0.05) is 23.2 Å². The Balaban J connectivity index is 1.65. The second-order valence-electron chi connectivity index (χ2n) is 6.29. The van der Waals surface area contributed by atoms with Crippen LogP contribution in [-0.4, -0.2) is 23.1 Å². The largest absolute Gasteiger partial charge is 0.491 e. The summed E-state index contributed by atoms with van der Waals surface area (Å²) in [6.07, 6.45) is 0. The average Bonchev–Trinajstić information content (AvgIpc) is 2.90. The lowest BCUT2D eigenvalue weighted by molar-refractivity contribution is 0.0919. The number of amides is 1. The van der Waals surface area contributed by atoms with Crippen LogP contribution < -0.4 is 10.1 Å². The molecule has 1 N–H and O–H groups in total. The van der Waals surface area contributed by atoms with Crippen LogP contribution in [0, 0.1) is 6.92 Å². The molecule has 0 aliphatic rings. The van der Waals surface area contributed by atoms with Gasteiger partial charge in [-0.05, 0) is 56.3 Å². The molecule has 0 aliphatic carbocycles. The van der Waals surface area contributed by atoms with Gasteiger partial charge in [0.25, 0.3) is 5.91 Å². The Morgan fingerprint density at radius 1 is 1.20 bits per heavy atom. The number of nitrogens with zero attached hydrogens (tertiary/aromatic N) is 1. The summed E-state index contributed by atoms with van der Waals surface area (Å²) in [4.78, 5) is 12.6. The highest BCUT2D eigenvalue weighted by atomic mass is 35.5. The summed E-state index contributed by atoms with van der Waals surface area (Å²) in [6.45, 7) is 4.35. The Hall–Kier alpha value is -2.46. The second kappa shape index (κ2) is 7.19. The van der Waals surface area contributed by atoms with Crippen LogP contribution >= 0.6 is 11.6 Å². The number of halogens is 1. The monoisotopic (exact) mass is 356 g/mol. The highest BCUT2D eigenvalue weighted by Crippen LogP contribution is 2.20. The smallest absolute Gasteiger partial charge is 0.268 e. The molecule has 0 unspecified atom stereocenters. The molecule has 1 amide bonds. The van der Waals surface area contributed by atoms with Crippen molar-refractivity contribution < 1.29 is 9.53 Å². The van der Waals surface area contributed by atoms with Crippen molar-refractivity contribution in [2.24, 2.45) is 7.05 Å². The van der Waals surface area contributed by atoms with Crippen molar-refractivity contribution >= 4 is 28.4 Å². The number of aryl methyl sites for hydroxylation is 2. The number of benzene rings is 2. The van der Waals surface area contributed by atoms with Crippen molar-refractivity contribution in [2.45, 2.75) is 19.9 Å². The number of hydrogen-bond acceptors (Lipinski definition) is 2. The molecule has 130 valence electrons. The minimum absolute atomic E-state index is 0.108. The number of nitrogens with one attached hydrogen (secondary N) is 1. The highest BCUT2D eigenvalue weighted by molar-refractivity contribution is 6.30. The van der Waals surface area contributed by atoms with Gasteiger partial charge in [-0.3, -0.25) is 4.79 Å². The topological polar surface area (TPSA) is 43.3 Å². The van der Waals surface area contributed by atoms with E-state index in [0.29, 0.717) is 17.3 Å². The van der Waals surface area contributed by atoms with Crippen LogP contribution in [0.25, 0.3) is 10.9 Å². The van der Waals surface area contributed by atoms with Crippen LogP contribution in [0.3, 0.4) is 0 Å². The zero-order chi connectivity index (χ0) is 18.0. The van der Waals surface area contributed by atoms with E-state index in [1.807, 2.05) is 55.8 Å². The minimum atomic E-state index is -0.122. The normalized spacial score (nSPS) is 12.2. The maximum atomic E-state index is 12.6. The standard InChI is InChI=1S/C20H21ClN2O2/c1-13-4-9-18-15(10-13)11-19(23(18)3)20(24)22-14(2)12-25-17-7-5-16(21)6-8-17/h4-11,14H,12H2,1-3H3,(H,22,24)/t14-/m1/s1. The lowest BCUT2D eigenvalue weighted by Crippen LogP contribution is -2.37. The van der Waals surface area contributed by atoms with E-state index in [1.165, 1.54) is 5.56 Å². The average molecular weight is 357 g/mol. The van der Waals surface area contributed by atoms with Crippen LogP contribution in [-0.2, 0) is 7.05 Å². The van der Waals surface area contributed by atoms with Crippen molar-refractivity contribution in [1.29, 1.82) is 0 Å². The molecule has 3 aromatic rings. The zero-order valence-electron chi connectivity index (χ0n) is 14.5. The first kappa shape index (κ1) is 17.4. The quantitative estimate of drug-likeness (QED) is 0.739. The Bertz CT molecular complexity index is 900. The molecule has 0 saturated heterocycles. The molecule has 0 spiro atoms. The van der Waals surface area contributed by atoms with Crippen LogP contribution in [0.5, 0.6) is 5.75 Å². The number of rotatable bonds is 5. The van der Waals surface area contributed by atoms with E-state index >= 15 is 0 Å². The Morgan fingerprint density at radius 2 is 1.92 bits per heavy atom. The van der Waals surface area contributed by atoms with Gasteiger partial charge >= 0.3 is 0 Å². The van der Waals surface area contributed by atoms with E-state index in [9.17, 15) is 4.79 Å². The van der Waals surface area contributed by atoms with Crippen molar-refractivity contribution in [3.8, 4) is 5.75 Å². The lowest BCUT2D eigenvalue weighted by Gasteiger charge is -2.15. The van der Waals surface area contributed by atoms with E-state index in [0.717, 1.165) is 16.7 Å².